The van der Waals surface area contributed by atoms with Gasteiger partial charge in [0.2, 0.25) is 0 Å². The molecule has 6 rings (SSSR count). The fourth-order valence-corrected chi connectivity index (χ4v) is 5.19. The smallest absolute Gasteiger partial charge is 0.335 e. The van der Waals surface area contributed by atoms with Gasteiger partial charge >= 0.3 is 5.97 Å². The van der Waals surface area contributed by atoms with E-state index in [1.54, 1.807) is 47.4 Å². The molecule has 2 aliphatic heterocycles. The van der Waals surface area contributed by atoms with Gasteiger partial charge in [0.1, 0.15) is 23.9 Å². The maximum Gasteiger partial charge on any atom is 0.335 e. The summed E-state index contributed by atoms with van der Waals surface area (Å²) in [6.07, 6.45) is 1.08. The monoisotopic (exact) mass is 564 g/mol. The number of aromatic carboxylic acids is 1. The van der Waals surface area contributed by atoms with Crippen LogP contribution < -0.4 is 4.74 Å². The predicted octanol–water partition coefficient (Wildman–Crippen LogP) is 4.31. The van der Waals surface area contributed by atoms with E-state index in [1.165, 1.54) is 0 Å². The standard InChI is InChI=1S/C29H29ClN4O6/c30-20-2-1-3-21(15-20)39-18-23-5-7-26(40-23)28(35)33-11-9-32(10-12-33)17-27-31-24-6-4-19(29(36)37)14-25(24)34(27)16-22-8-13-38-22/h1-7,14-15,22H,8-13,16-18H2,(H,36,37)/t22-/m0/s1. The number of hydrogen-bond acceptors (Lipinski definition) is 7. The third-order valence-corrected chi connectivity index (χ3v) is 7.56. The fourth-order valence-electron chi connectivity index (χ4n) is 5.01. The van der Waals surface area contributed by atoms with E-state index in [-0.39, 0.29) is 29.9 Å². The van der Waals surface area contributed by atoms with Gasteiger partial charge in [-0.05, 0) is 55.0 Å². The molecule has 1 atom stereocenters. The number of amides is 1. The number of benzene rings is 2. The highest BCUT2D eigenvalue weighted by atomic mass is 35.5. The summed E-state index contributed by atoms with van der Waals surface area (Å²) in [6, 6.07) is 15.6. The van der Waals surface area contributed by atoms with E-state index in [1.807, 2.05) is 12.1 Å². The zero-order valence-electron chi connectivity index (χ0n) is 21.8. The number of aromatic nitrogens is 2. The Hall–Kier alpha value is -3.86. The molecule has 10 nitrogen and oxygen atoms in total. The summed E-state index contributed by atoms with van der Waals surface area (Å²) in [5.74, 6) is 1.22. The first kappa shape index (κ1) is 26.4. The van der Waals surface area contributed by atoms with Crippen molar-refractivity contribution in [1.82, 2.24) is 19.4 Å². The number of carbonyl (C=O) groups excluding carboxylic acids is 1. The number of halogens is 1. The van der Waals surface area contributed by atoms with E-state index in [0.717, 1.165) is 29.9 Å². The van der Waals surface area contributed by atoms with E-state index in [9.17, 15) is 14.7 Å². The fraction of sp³-hybridized carbons (Fsp3) is 0.345. The number of imidazole rings is 1. The van der Waals surface area contributed by atoms with Crippen LogP contribution in [-0.4, -0.2) is 75.2 Å². The summed E-state index contributed by atoms with van der Waals surface area (Å²) >= 11 is 6.00. The summed E-state index contributed by atoms with van der Waals surface area (Å²) in [5.41, 5.74) is 1.80. The predicted molar refractivity (Wildman–Crippen MR) is 147 cm³/mol. The first-order valence-electron chi connectivity index (χ1n) is 13.3. The highest BCUT2D eigenvalue weighted by molar-refractivity contribution is 6.30. The lowest BCUT2D eigenvalue weighted by Gasteiger charge is -2.34. The summed E-state index contributed by atoms with van der Waals surface area (Å²) in [5, 5.41) is 10.1. The number of furan rings is 1. The van der Waals surface area contributed by atoms with Crippen molar-refractivity contribution in [3.63, 3.8) is 0 Å². The molecule has 2 fully saturated rings. The Morgan fingerprint density at radius 2 is 1.90 bits per heavy atom. The Labute approximate surface area is 235 Å². The van der Waals surface area contributed by atoms with Crippen LogP contribution >= 0.6 is 11.6 Å². The molecule has 0 aliphatic carbocycles. The number of fused-ring (bicyclic) bond motifs is 1. The van der Waals surface area contributed by atoms with Crippen molar-refractivity contribution in [2.45, 2.75) is 32.2 Å². The first-order valence-corrected chi connectivity index (χ1v) is 13.6. The minimum absolute atomic E-state index is 0.105. The van der Waals surface area contributed by atoms with Crippen LogP contribution in [0, 0.1) is 0 Å². The Bertz CT molecular complexity index is 1540. The number of nitrogens with zero attached hydrogens (tertiary/aromatic N) is 4. The molecule has 1 N–H and O–H groups in total. The molecular weight excluding hydrogens is 536 g/mol. The molecule has 208 valence electrons. The first-order chi connectivity index (χ1) is 19.4. The molecule has 2 saturated heterocycles. The van der Waals surface area contributed by atoms with Gasteiger partial charge < -0.3 is 28.5 Å². The molecule has 40 heavy (non-hydrogen) atoms. The molecule has 0 radical (unpaired) electrons. The molecule has 0 saturated carbocycles. The molecule has 0 bridgehead atoms. The minimum atomic E-state index is -0.964. The topological polar surface area (TPSA) is 110 Å². The van der Waals surface area contributed by atoms with Crippen LogP contribution in [0.4, 0.5) is 0 Å². The van der Waals surface area contributed by atoms with Crippen LogP contribution in [0.5, 0.6) is 5.75 Å². The average Bonchev–Trinajstić information content (AvgIpc) is 3.54. The lowest BCUT2D eigenvalue weighted by molar-refractivity contribution is -0.0592. The molecule has 2 aromatic carbocycles. The van der Waals surface area contributed by atoms with Crippen LogP contribution in [0.25, 0.3) is 11.0 Å². The largest absolute Gasteiger partial charge is 0.486 e. The lowest BCUT2D eigenvalue weighted by Crippen LogP contribution is -2.48. The van der Waals surface area contributed by atoms with E-state index >= 15 is 0 Å². The summed E-state index contributed by atoms with van der Waals surface area (Å²) in [7, 11) is 0. The van der Waals surface area contributed by atoms with Crippen LogP contribution in [-0.2, 0) is 24.4 Å². The molecule has 0 unspecified atom stereocenters. The van der Waals surface area contributed by atoms with Crippen molar-refractivity contribution in [1.29, 1.82) is 0 Å². The molecular formula is C29H29ClN4O6. The number of hydrogen-bond donors (Lipinski definition) is 1. The van der Waals surface area contributed by atoms with Gasteiger partial charge in [-0.25, -0.2) is 9.78 Å². The van der Waals surface area contributed by atoms with E-state index in [0.29, 0.717) is 55.8 Å². The Morgan fingerprint density at radius 3 is 2.62 bits per heavy atom. The second kappa shape index (κ2) is 11.3. The summed E-state index contributed by atoms with van der Waals surface area (Å²) in [4.78, 5) is 33.5. The maximum absolute atomic E-state index is 13.1. The van der Waals surface area contributed by atoms with Crippen molar-refractivity contribution in [2.24, 2.45) is 0 Å². The lowest BCUT2D eigenvalue weighted by atomic mass is 10.1. The zero-order valence-corrected chi connectivity index (χ0v) is 22.5. The number of rotatable bonds is 9. The number of carbonyl (C=O) groups is 2. The normalized spacial score (nSPS) is 17.6. The van der Waals surface area contributed by atoms with Gasteiger partial charge in [-0.2, -0.15) is 0 Å². The molecule has 0 spiro atoms. The Kier molecular flexibility index (Phi) is 7.46. The summed E-state index contributed by atoms with van der Waals surface area (Å²) < 4.78 is 19.2. The number of carboxylic acids is 1. The van der Waals surface area contributed by atoms with Crippen LogP contribution in [0.15, 0.2) is 59.0 Å². The van der Waals surface area contributed by atoms with Gasteiger partial charge in [-0.1, -0.05) is 17.7 Å². The number of ether oxygens (including phenoxy) is 2. The number of carboxylic acid groups (broad SMARTS) is 1. The average molecular weight is 565 g/mol. The van der Waals surface area contributed by atoms with Crippen LogP contribution in [0.3, 0.4) is 0 Å². The van der Waals surface area contributed by atoms with E-state index in [2.05, 4.69) is 9.47 Å². The number of piperazine rings is 1. The highest BCUT2D eigenvalue weighted by Crippen LogP contribution is 2.24. The Balaban J connectivity index is 1.08. The highest BCUT2D eigenvalue weighted by Gasteiger charge is 2.27. The third-order valence-electron chi connectivity index (χ3n) is 7.33. The van der Waals surface area contributed by atoms with Crippen molar-refractivity contribution in [3.8, 4) is 5.75 Å². The molecule has 11 heteroatoms. The molecule has 4 heterocycles. The zero-order chi connectivity index (χ0) is 27.6. The Morgan fingerprint density at radius 1 is 1.07 bits per heavy atom. The van der Waals surface area contributed by atoms with Gasteiger partial charge in [0.25, 0.3) is 5.91 Å². The van der Waals surface area contributed by atoms with Gasteiger partial charge in [0, 0.05) is 37.8 Å². The third kappa shape index (κ3) is 5.70. The van der Waals surface area contributed by atoms with Crippen molar-refractivity contribution in [2.75, 3.05) is 32.8 Å². The van der Waals surface area contributed by atoms with Gasteiger partial charge in [-0.3, -0.25) is 9.69 Å². The van der Waals surface area contributed by atoms with Gasteiger partial charge in [0.05, 0.1) is 35.8 Å². The van der Waals surface area contributed by atoms with Crippen LogP contribution in [0.2, 0.25) is 5.02 Å². The SMILES string of the molecule is O=C(O)c1ccc2nc(CN3CCN(C(=O)c4ccc(COc5cccc(Cl)c5)o4)CC3)n(C[C@@H]3CCO3)c2c1. The molecule has 4 aromatic rings. The van der Waals surface area contributed by atoms with E-state index in [4.69, 9.17) is 30.5 Å². The quantitative estimate of drug-likeness (QED) is 0.320. The second-order valence-corrected chi connectivity index (χ2v) is 10.4. The van der Waals surface area contributed by atoms with Crippen molar-refractivity contribution < 1.29 is 28.6 Å². The molecule has 1 amide bonds. The minimum Gasteiger partial charge on any atom is -0.486 e. The van der Waals surface area contributed by atoms with Gasteiger partial charge in [-0.15, -0.1) is 0 Å². The second-order valence-electron chi connectivity index (χ2n) is 10.0. The molecule has 2 aliphatic rings. The summed E-state index contributed by atoms with van der Waals surface area (Å²) in [6.45, 7) is 4.65. The van der Waals surface area contributed by atoms with Crippen LogP contribution in [0.1, 0.15) is 38.9 Å². The molecule has 2 aromatic heterocycles. The van der Waals surface area contributed by atoms with E-state index < -0.39 is 5.97 Å². The van der Waals surface area contributed by atoms with Crippen molar-refractivity contribution >= 4 is 34.5 Å². The van der Waals surface area contributed by atoms with Crippen molar-refractivity contribution in [3.05, 3.63) is 82.5 Å². The maximum atomic E-state index is 13.1. The van der Waals surface area contributed by atoms with Gasteiger partial charge in [0.15, 0.2) is 5.76 Å².